The Bertz CT molecular complexity index is 390. The molecule has 1 rings (SSSR count). The van der Waals surface area contributed by atoms with E-state index < -0.39 is 0 Å². The Labute approximate surface area is 92.9 Å². The average molecular weight is 228 g/mol. The number of aryl methyl sites for hydroxylation is 1. The highest BCUT2D eigenvalue weighted by Gasteiger charge is 2.07. The molecule has 84 valence electrons. The summed E-state index contributed by atoms with van der Waals surface area (Å²) in [5.74, 6) is 0. The highest BCUT2D eigenvalue weighted by Crippen LogP contribution is 2.10. The van der Waals surface area contributed by atoms with Gasteiger partial charge in [-0.1, -0.05) is 11.8 Å². The second-order valence-electron chi connectivity index (χ2n) is 3.36. The first-order valence-electron chi connectivity index (χ1n) is 4.66. The zero-order chi connectivity index (χ0) is 11.4. The lowest BCUT2D eigenvalue weighted by atomic mass is 10.3. The molecule has 15 heavy (non-hydrogen) atoms. The number of aromatic nitrogens is 2. The summed E-state index contributed by atoms with van der Waals surface area (Å²) in [6, 6.07) is -0.111. The van der Waals surface area contributed by atoms with E-state index in [1.54, 1.807) is 13.1 Å². The van der Waals surface area contributed by atoms with Crippen LogP contribution in [0.3, 0.4) is 0 Å². The molecule has 0 aliphatic carbocycles. The lowest BCUT2D eigenvalue weighted by molar-refractivity contribution is 0.511. The predicted octanol–water partition coefficient (Wildman–Crippen LogP) is -0.440. The summed E-state index contributed by atoms with van der Waals surface area (Å²) in [6.07, 6.45) is 3.65. The van der Waals surface area contributed by atoms with E-state index in [2.05, 4.69) is 4.98 Å². The molecule has 1 aromatic heterocycles. The summed E-state index contributed by atoms with van der Waals surface area (Å²) in [5.41, 5.74) is 11.6. The van der Waals surface area contributed by atoms with Gasteiger partial charge in [0.25, 0.3) is 5.56 Å². The fourth-order valence-electron chi connectivity index (χ4n) is 1.20. The van der Waals surface area contributed by atoms with Crippen LogP contribution in [0.15, 0.2) is 16.1 Å². The molecule has 1 heterocycles. The molecule has 5 nitrogen and oxygen atoms in total. The first kappa shape index (κ1) is 12.2. The van der Waals surface area contributed by atoms with Crippen LogP contribution in [-0.4, -0.2) is 28.4 Å². The number of hydrogen-bond acceptors (Lipinski definition) is 5. The van der Waals surface area contributed by atoms with Gasteiger partial charge in [0.05, 0.1) is 0 Å². The van der Waals surface area contributed by atoms with Crippen molar-refractivity contribution in [1.29, 1.82) is 0 Å². The second kappa shape index (κ2) is 5.29. The quantitative estimate of drug-likeness (QED) is 0.539. The van der Waals surface area contributed by atoms with Gasteiger partial charge in [0.2, 0.25) is 0 Å². The number of rotatable bonds is 4. The van der Waals surface area contributed by atoms with Crippen molar-refractivity contribution in [3.8, 4) is 0 Å². The Kier molecular flexibility index (Phi) is 4.31. The molecule has 0 spiro atoms. The van der Waals surface area contributed by atoms with Crippen LogP contribution in [0.4, 0.5) is 0 Å². The van der Waals surface area contributed by atoms with Crippen molar-refractivity contribution < 1.29 is 0 Å². The van der Waals surface area contributed by atoms with Crippen LogP contribution in [-0.2, 0) is 6.54 Å². The number of thioether (sulfide) groups is 1. The largest absolute Gasteiger partial charge is 0.329 e. The van der Waals surface area contributed by atoms with Gasteiger partial charge in [-0.25, -0.2) is 0 Å². The normalized spacial score (nSPS) is 12.8. The Morgan fingerprint density at radius 1 is 1.67 bits per heavy atom. The topological polar surface area (TPSA) is 86.9 Å². The van der Waals surface area contributed by atoms with Crippen molar-refractivity contribution in [3.63, 3.8) is 0 Å². The summed E-state index contributed by atoms with van der Waals surface area (Å²) in [7, 11) is 0. The van der Waals surface area contributed by atoms with E-state index in [9.17, 15) is 4.79 Å². The van der Waals surface area contributed by atoms with Crippen LogP contribution in [0.25, 0.3) is 0 Å². The van der Waals surface area contributed by atoms with Crippen LogP contribution in [0.2, 0.25) is 0 Å². The van der Waals surface area contributed by atoms with E-state index in [4.69, 9.17) is 11.5 Å². The SMILES string of the molecule is CSc1nc(=O)c(C)cn1C[C@H](N)CN. The number of nitrogens with two attached hydrogens (primary N) is 2. The minimum absolute atomic E-state index is 0.111. The molecule has 0 saturated heterocycles. The fourth-order valence-corrected chi connectivity index (χ4v) is 1.74. The maximum absolute atomic E-state index is 11.3. The summed E-state index contributed by atoms with van der Waals surface area (Å²) in [6.45, 7) is 2.74. The van der Waals surface area contributed by atoms with Gasteiger partial charge in [-0.05, 0) is 13.2 Å². The van der Waals surface area contributed by atoms with E-state index in [1.807, 2.05) is 10.8 Å². The number of hydrogen-bond donors (Lipinski definition) is 2. The molecule has 1 aromatic rings. The van der Waals surface area contributed by atoms with E-state index >= 15 is 0 Å². The molecule has 0 aliphatic heterocycles. The number of nitrogens with zero attached hydrogens (tertiary/aromatic N) is 2. The molecule has 0 fully saturated rings. The first-order chi connectivity index (χ1) is 7.08. The van der Waals surface area contributed by atoms with Gasteiger partial charge in [-0.15, -0.1) is 0 Å². The summed E-state index contributed by atoms with van der Waals surface area (Å²) >= 11 is 1.43. The van der Waals surface area contributed by atoms with Crippen LogP contribution in [0.1, 0.15) is 5.56 Å². The Hall–Kier alpha value is -0.850. The fraction of sp³-hybridized carbons (Fsp3) is 0.556. The van der Waals surface area contributed by atoms with Gasteiger partial charge >= 0.3 is 0 Å². The predicted molar refractivity (Wildman–Crippen MR) is 62.0 cm³/mol. The molecule has 0 unspecified atom stereocenters. The third-order valence-electron chi connectivity index (χ3n) is 2.05. The maximum Gasteiger partial charge on any atom is 0.276 e. The van der Waals surface area contributed by atoms with Gasteiger partial charge < -0.3 is 16.0 Å². The van der Waals surface area contributed by atoms with E-state index in [-0.39, 0.29) is 11.6 Å². The first-order valence-corrected chi connectivity index (χ1v) is 5.88. The zero-order valence-corrected chi connectivity index (χ0v) is 9.75. The lowest BCUT2D eigenvalue weighted by Gasteiger charge is -2.15. The van der Waals surface area contributed by atoms with Crippen molar-refractivity contribution in [2.75, 3.05) is 12.8 Å². The van der Waals surface area contributed by atoms with Crippen LogP contribution in [0.5, 0.6) is 0 Å². The molecule has 4 N–H and O–H groups in total. The minimum Gasteiger partial charge on any atom is -0.329 e. The molecule has 0 radical (unpaired) electrons. The monoisotopic (exact) mass is 228 g/mol. The van der Waals surface area contributed by atoms with Crippen molar-refractivity contribution in [2.24, 2.45) is 11.5 Å². The van der Waals surface area contributed by atoms with Crippen molar-refractivity contribution in [3.05, 3.63) is 22.1 Å². The standard InChI is InChI=1S/C9H16N4OS/c1-6-4-13(5-7(11)3-10)9(15-2)12-8(6)14/h4,7H,3,5,10-11H2,1-2H3/t7-/m1/s1. The third-order valence-corrected chi connectivity index (χ3v) is 2.74. The van der Waals surface area contributed by atoms with Crippen molar-refractivity contribution in [2.45, 2.75) is 24.7 Å². The lowest BCUT2D eigenvalue weighted by Crippen LogP contribution is -2.35. The van der Waals surface area contributed by atoms with E-state index in [1.165, 1.54) is 11.8 Å². The summed E-state index contributed by atoms with van der Waals surface area (Å²) < 4.78 is 1.87. The smallest absolute Gasteiger partial charge is 0.276 e. The van der Waals surface area contributed by atoms with Crippen LogP contribution in [0, 0.1) is 6.92 Å². The van der Waals surface area contributed by atoms with Gasteiger partial charge in [0.1, 0.15) is 0 Å². The minimum atomic E-state index is -0.183. The Morgan fingerprint density at radius 3 is 2.87 bits per heavy atom. The molecule has 6 heteroatoms. The van der Waals surface area contributed by atoms with E-state index in [0.29, 0.717) is 23.8 Å². The molecule has 1 atom stereocenters. The molecule has 0 aliphatic rings. The van der Waals surface area contributed by atoms with Gasteiger partial charge in [0, 0.05) is 30.9 Å². The molecule has 0 bridgehead atoms. The van der Waals surface area contributed by atoms with Gasteiger partial charge in [0.15, 0.2) is 5.16 Å². The average Bonchev–Trinajstić information content (AvgIpc) is 2.22. The van der Waals surface area contributed by atoms with Crippen molar-refractivity contribution in [1.82, 2.24) is 9.55 Å². The molecular formula is C9H16N4OS. The second-order valence-corrected chi connectivity index (χ2v) is 4.14. The highest BCUT2D eigenvalue weighted by atomic mass is 32.2. The van der Waals surface area contributed by atoms with Crippen molar-refractivity contribution >= 4 is 11.8 Å². The van der Waals surface area contributed by atoms with E-state index in [0.717, 1.165) is 0 Å². The summed E-state index contributed by atoms with van der Waals surface area (Å²) in [4.78, 5) is 15.3. The molecular weight excluding hydrogens is 212 g/mol. The highest BCUT2D eigenvalue weighted by molar-refractivity contribution is 7.98. The maximum atomic E-state index is 11.3. The Balaban J connectivity index is 3.05. The van der Waals surface area contributed by atoms with Gasteiger partial charge in [-0.2, -0.15) is 4.98 Å². The zero-order valence-electron chi connectivity index (χ0n) is 8.93. The van der Waals surface area contributed by atoms with Crippen LogP contribution >= 0.6 is 11.8 Å². The summed E-state index contributed by atoms with van der Waals surface area (Å²) in [5, 5.41) is 0.675. The Morgan fingerprint density at radius 2 is 2.33 bits per heavy atom. The third kappa shape index (κ3) is 3.05. The molecule has 0 amide bonds. The van der Waals surface area contributed by atoms with Gasteiger partial charge in [-0.3, -0.25) is 4.79 Å². The van der Waals surface area contributed by atoms with Crippen LogP contribution < -0.4 is 17.0 Å². The molecule has 0 saturated carbocycles. The molecule has 0 aromatic carbocycles.